The van der Waals surface area contributed by atoms with Crippen LogP contribution in [0.15, 0.2) is 0 Å². The summed E-state index contributed by atoms with van der Waals surface area (Å²) in [5.41, 5.74) is 1.55. The summed E-state index contributed by atoms with van der Waals surface area (Å²) in [6.45, 7) is 12.1. The largest absolute Gasteiger partial charge is 0.391 e. The summed E-state index contributed by atoms with van der Waals surface area (Å²) < 4.78 is 1.66. The number of aliphatic hydroxyl groups excluding tert-OH is 1. The third-order valence-corrected chi connectivity index (χ3v) is 4.53. The lowest BCUT2D eigenvalue weighted by atomic mass is 9.90. The summed E-state index contributed by atoms with van der Waals surface area (Å²) in [7, 11) is 1.82. The molecule has 4 nitrogen and oxygen atoms in total. The smallest absolute Gasteiger partial charge is 0.130 e. The van der Waals surface area contributed by atoms with E-state index in [1.54, 1.807) is 4.68 Å². The summed E-state index contributed by atoms with van der Waals surface area (Å²) in [6, 6.07) is 0. The minimum Gasteiger partial charge on any atom is -0.391 e. The quantitative estimate of drug-likeness (QED) is 0.873. The predicted octanol–water partition coefficient (Wildman–Crippen LogP) is 2.41. The summed E-state index contributed by atoms with van der Waals surface area (Å²) in [5, 5.41) is 15.5. The van der Waals surface area contributed by atoms with E-state index < -0.39 is 6.10 Å². The van der Waals surface area contributed by atoms with Crippen LogP contribution in [0.5, 0.6) is 0 Å². The Hall–Kier alpha value is -0.580. The third-order valence-electron chi connectivity index (χ3n) is 4.06. The average molecular weight is 288 g/mol. The molecule has 0 bridgehead atoms. The van der Waals surface area contributed by atoms with Crippen molar-refractivity contribution in [2.45, 2.75) is 52.7 Å². The van der Waals surface area contributed by atoms with Crippen LogP contribution in [0.3, 0.4) is 0 Å². The van der Waals surface area contributed by atoms with Crippen molar-refractivity contribution in [2.24, 2.45) is 7.05 Å². The minimum atomic E-state index is -0.479. The third kappa shape index (κ3) is 3.30. The van der Waals surface area contributed by atoms with Gasteiger partial charge in [-0.05, 0) is 33.9 Å². The molecule has 0 aromatic carbocycles. The molecule has 0 radical (unpaired) electrons. The first-order valence-corrected chi connectivity index (χ1v) is 7.24. The Bertz CT molecular complexity index is 425. The average Bonchev–Trinajstić information content (AvgIpc) is 2.57. The molecule has 0 aliphatic carbocycles. The molecule has 0 aliphatic rings. The second kappa shape index (κ2) is 6.25. The summed E-state index contributed by atoms with van der Waals surface area (Å²) in [5.74, 6) is 0. The molecule has 110 valence electrons. The lowest BCUT2D eigenvalue weighted by Crippen LogP contribution is -2.53. The molecule has 1 atom stereocenters. The Morgan fingerprint density at radius 1 is 1.37 bits per heavy atom. The van der Waals surface area contributed by atoms with Gasteiger partial charge in [0, 0.05) is 24.6 Å². The van der Waals surface area contributed by atoms with E-state index >= 15 is 0 Å². The highest BCUT2D eigenvalue weighted by molar-refractivity contribution is 6.30. The molecule has 0 saturated heterocycles. The molecule has 1 rings (SSSR count). The normalized spacial score (nSPS) is 14.2. The van der Waals surface area contributed by atoms with E-state index in [1.807, 2.05) is 14.0 Å². The number of nitrogens with zero attached hydrogens (tertiary/aromatic N) is 3. The monoisotopic (exact) mass is 287 g/mol. The molecule has 1 heterocycles. The fourth-order valence-electron chi connectivity index (χ4n) is 2.60. The molecule has 0 aliphatic heterocycles. The molecule has 1 aromatic rings. The topological polar surface area (TPSA) is 41.3 Å². The standard InChI is InChI=1S/C14H26ClN3O/c1-7-18(8-2)14(4,5)12(19)9-11-10(3)16-17(6)13(11)15/h12,19H,7-9H2,1-6H3. The SMILES string of the molecule is CCN(CC)C(C)(C)C(O)Cc1c(C)nn(C)c1Cl. The highest BCUT2D eigenvalue weighted by Gasteiger charge is 2.33. The zero-order valence-corrected chi connectivity index (χ0v) is 13.6. The predicted molar refractivity (Wildman–Crippen MR) is 79.7 cm³/mol. The first-order valence-electron chi connectivity index (χ1n) is 6.86. The van der Waals surface area contributed by atoms with E-state index in [2.05, 4.69) is 37.7 Å². The van der Waals surface area contributed by atoms with Crippen molar-refractivity contribution in [1.82, 2.24) is 14.7 Å². The van der Waals surface area contributed by atoms with Crippen LogP contribution in [0.4, 0.5) is 0 Å². The van der Waals surface area contributed by atoms with E-state index in [-0.39, 0.29) is 5.54 Å². The van der Waals surface area contributed by atoms with E-state index in [0.29, 0.717) is 11.6 Å². The first-order chi connectivity index (χ1) is 8.75. The van der Waals surface area contributed by atoms with Crippen LogP contribution in [0.25, 0.3) is 0 Å². The van der Waals surface area contributed by atoms with Crippen LogP contribution in [0, 0.1) is 6.92 Å². The van der Waals surface area contributed by atoms with Crippen LogP contribution in [0.2, 0.25) is 5.15 Å². The van der Waals surface area contributed by atoms with Gasteiger partial charge in [0.2, 0.25) is 0 Å². The van der Waals surface area contributed by atoms with Gasteiger partial charge in [0.1, 0.15) is 5.15 Å². The molecule has 0 fully saturated rings. The lowest BCUT2D eigenvalue weighted by molar-refractivity contribution is -0.00421. The Labute approximate surface area is 121 Å². The second-order valence-electron chi connectivity index (χ2n) is 5.52. The maximum atomic E-state index is 10.6. The van der Waals surface area contributed by atoms with Gasteiger partial charge in [0.25, 0.3) is 0 Å². The molecule has 5 heteroatoms. The Balaban J connectivity index is 2.92. The van der Waals surface area contributed by atoms with Gasteiger partial charge in [-0.3, -0.25) is 9.58 Å². The van der Waals surface area contributed by atoms with Crippen molar-refractivity contribution >= 4 is 11.6 Å². The number of aryl methyl sites for hydroxylation is 2. The van der Waals surface area contributed by atoms with Gasteiger partial charge >= 0.3 is 0 Å². The van der Waals surface area contributed by atoms with E-state index in [0.717, 1.165) is 24.3 Å². The maximum absolute atomic E-state index is 10.6. The van der Waals surface area contributed by atoms with Gasteiger partial charge in [-0.15, -0.1) is 0 Å². The van der Waals surface area contributed by atoms with Gasteiger partial charge < -0.3 is 5.11 Å². The van der Waals surface area contributed by atoms with E-state index in [1.165, 1.54) is 0 Å². The molecule has 0 saturated carbocycles. The molecule has 1 aromatic heterocycles. The van der Waals surface area contributed by atoms with Crippen molar-refractivity contribution in [3.05, 3.63) is 16.4 Å². The zero-order valence-electron chi connectivity index (χ0n) is 12.9. The van der Waals surface area contributed by atoms with E-state index in [4.69, 9.17) is 11.6 Å². The Morgan fingerprint density at radius 3 is 2.26 bits per heavy atom. The minimum absolute atomic E-state index is 0.283. The molecule has 0 amide bonds. The number of halogens is 1. The van der Waals surface area contributed by atoms with Crippen molar-refractivity contribution < 1.29 is 5.11 Å². The van der Waals surface area contributed by atoms with E-state index in [9.17, 15) is 5.11 Å². The first kappa shape index (κ1) is 16.5. The van der Waals surface area contributed by atoms with Gasteiger partial charge in [-0.1, -0.05) is 25.4 Å². The second-order valence-corrected chi connectivity index (χ2v) is 5.88. The van der Waals surface area contributed by atoms with Crippen LogP contribution in [-0.4, -0.2) is 44.5 Å². The van der Waals surface area contributed by atoms with Crippen molar-refractivity contribution in [3.8, 4) is 0 Å². The van der Waals surface area contributed by atoms with Gasteiger partial charge in [0.15, 0.2) is 0 Å². The maximum Gasteiger partial charge on any atom is 0.130 e. The molecular weight excluding hydrogens is 262 g/mol. The zero-order chi connectivity index (χ0) is 14.8. The number of hydrogen-bond donors (Lipinski definition) is 1. The highest BCUT2D eigenvalue weighted by Crippen LogP contribution is 2.26. The molecule has 19 heavy (non-hydrogen) atoms. The lowest BCUT2D eigenvalue weighted by Gasteiger charge is -2.41. The summed E-state index contributed by atoms with van der Waals surface area (Å²) in [6.07, 6.45) is 0.0509. The number of hydrogen-bond acceptors (Lipinski definition) is 3. The van der Waals surface area contributed by atoms with Crippen molar-refractivity contribution in [3.63, 3.8) is 0 Å². The Morgan fingerprint density at radius 2 is 1.89 bits per heavy atom. The fraction of sp³-hybridized carbons (Fsp3) is 0.786. The number of aliphatic hydroxyl groups is 1. The summed E-state index contributed by atoms with van der Waals surface area (Å²) in [4.78, 5) is 2.26. The van der Waals surface area contributed by atoms with Gasteiger partial charge in [-0.25, -0.2) is 0 Å². The molecule has 1 N–H and O–H groups in total. The molecular formula is C14H26ClN3O. The summed E-state index contributed by atoms with van der Waals surface area (Å²) >= 11 is 6.23. The van der Waals surface area contributed by atoms with Crippen molar-refractivity contribution in [2.75, 3.05) is 13.1 Å². The molecule has 0 spiro atoms. The van der Waals surface area contributed by atoms with Crippen LogP contribution < -0.4 is 0 Å². The van der Waals surface area contributed by atoms with Gasteiger partial charge in [-0.2, -0.15) is 5.10 Å². The fourth-order valence-corrected chi connectivity index (χ4v) is 2.85. The number of aromatic nitrogens is 2. The Kier molecular flexibility index (Phi) is 5.42. The number of rotatable bonds is 6. The van der Waals surface area contributed by atoms with Crippen LogP contribution in [-0.2, 0) is 13.5 Å². The highest BCUT2D eigenvalue weighted by atomic mass is 35.5. The van der Waals surface area contributed by atoms with Crippen LogP contribution >= 0.6 is 11.6 Å². The van der Waals surface area contributed by atoms with Crippen molar-refractivity contribution in [1.29, 1.82) is 0 Å². The molecule has 1 unspecified atom stereocenters. The van der Waals surface area contributed by atoms with Crippen LogP contribution in [0.1, 0.15) is 39.0 Å². The number of likely N-dealkylation sites (N-methyl/N-ethyl adjacent to an activating group) is 1. The van der Waals surface area contributed by atoms with Gasteiger partial charge in [0.05, 0.1) is 11.8 Å².